The summed E-state index contributed by atoms with van der Waals surface area (Å²) in [7, 11) is 0. The summed E-state index contributed by atoms with van der Waals surface area (Å²) in [5.41, 5.74) is 1.20. The number of carbonyl (C=O) groups is 1. The van der Waals surface area contributed by atoms with Crippen molar-refractivity contribution in [3.05, 3.63) is 16.1 Å². The molecule has 0 spiro atoms. The number of ether oxygens (including phenoxy) is 1. The van der Waals surface area contributed by atoms with Gasteiger partial charge in [-0.2, -0.15) is 0 Å². The van der Waals surface area contributed by atoms with E-state index in [0.29, 0.717) is 29.6 Å². The number of amides is 1. The van der Waals surface area contributed by atoms with Gasteiger partial charge >= 0.3 is 0 Å². The van der Waals surface area contributed by atoms with Crippen LogP contribution in [0.25, 0.3) is 0 Å². The van der Waals surface area contributed by atoms with E-state index in [2.05, 4.69) is 27.1 Å². The predicted molar refractivity (Wildman–Crippen MR) is 87.0 cm³/mol. The van der Waals surface area contributed by atoms with E-state index in [1.54, 1.807) is 11.3 Å². The quantitative estimate of drug-likeness (QED) is 0.835. The van der Waals surface area contributed by atoms with E-state index < -0.39 is 0 Å². The number of carbonyl (C=O) groups excluding carboxylic acids is 1. The lowest BCUT2D eigenvalue weighted by Gasteiger charge is -2.22. The molecule has 1 amide bonds. The lowest BCUT2D eigenvalue weighted by molar-refractivity contribution is -0.133. The van der Waals surface area contributed by atoms with E-state index in [1.807, 2.05) is 0 Å². The summed E-state index contributed by atoms with van der Waals surface area (Å²) in [5, 5.41) is 3.32. The van der Waals surface area contributed by atoms with Crippen LogP contribution in [0.3, 0.4) is 0 Å². The molecule has 0 radical (unpaired) electrons. The minimum absolute atomic E-state index is 0.289. The van der Waals surface area contributed by atoms with Crippen LogP contribution in [0.4, 0.5) is 0 Å². The number of nitrogens with zero attached hydrogens (tertiary/aromatic N) is 3. The molecule has 1 saturated carbocycles. The monoisotopic (exact) mass is 333 g/mol. The molecule has 1 aromatic heterocycles. The molecule has 3 saturated heterocycles. The number of hydrogen-bond donors (Lipinski definition) is 0. The van der Waals surface area contributed by atoms with E-state index in [0.717, 1.165) is 50.9 Å². The van der Waals surface area contributed by atoms with Crippen molar-refractivity contribution in [2.75, 3.05) is 39.4 Å². The van der Waals surface area contributed by atoms with E-state index in [1.165, 1.54) is 5.69 Å². The maximum absolute atomic E-state index is 12.7. The van der Waals surface area contributed by atoms with Crippen LogP contribution in [0.15, 0.2) is 5.38 Å². The molecule has 4 aliphatic rings. The molecule has 6 heteroatoms. The van der Waals surface area contributed by atoms with Gasteiger partial charge in [0.15, 0.2) is 0 Å². The maximum atomic E-state index is 12.7. The first-order valence-electron chi connectivity index (χ1n) is 8.69. The van der Waals surface area contributed by atoms with Gasteiger partial charge in [-0.1, -0.05) is 0 Å². The van der Waals surface area contributed by atoms with Crippen LogP contribution in [-0.2, 0) is 16.1 Å². The number of aryl methyl sites for hydroxylation is 1. The molecule has 3 aliphatic heterocycles. The van der Waals surface area contributed by atoms with Gasteiger partial charge in [-0.25, -0.2) is 4.98 Å². The molecule has 23 heavy (non-hydrogen) atoms. The van der Waals surface area contributed by atoms with Crippen LogP contribution >= 0.6 is 11.3 Å². The minimum Gasteiger partial charge on any atom is -0.381 e. The van der Waals surface area contributed by atoms with Gasteiger partial charge < -0.3 is 9.64 Å². The van der Waals surface area contributed by atoms with Crippen molar-refractivity contribution in [2.45, 2.75) is 13.5 Å². The Morgan fingerprint density at radius 1 is 1.26 bits per heavy atom. The lowest BCUT2D eigenvalue weighted by atomic mass is 10.0. The fourth-order valence-electron chi connectivity index (χ4n) is 4.93. The van der Waals surface area contributed by atoms with E-state index in [-0.39, 0.29) is 5.92 Å². The molecular weight excluding hydrogens is 310 g/mol. The second-order valence-corrected chi connectivity index (χ2v) is 8.77. The SMILES string of the molecule is Cc1nc(CN2CC3CN(C(=O)C4[C@H]5COC[C@@H]45)CC3C2)cs1. The largest absolute Gasteiger partial charge is 0.381 e. The number of rotatable bonds is 3. The van der Waals surface area contributed by atoms with E-state index in [9.17, 15) is 4.79 Å². The third kappa shape index (κ3) is 2.42. The molecule has 0 aromatic carbocycles. The van der Waals surface area contributed by atoms with Gasteiger partial charge in [0.2, 0.25) is 5.91 Å². The van der Waals surface area contributed by atoms with Crippen molar-refractivity contribution in [3.63, 3.8) is 0 Å². The van der Waals surface area contributed by atoms with Gasteiger partial charge in [0, 0.05) is 44.0 Å². The average Bonchev–Trinajstić information content (AvgIpc) is 3.03. The van der Waals surface area contributed by atoms with Crippen molar-refractivity contribution < 1.29 is 9.53 Å². The first-order valence-corrected chi connectivity index (χ1v) is 9.57. The Bertz CT molecular complexity index is 609. The predicted octanol–water partition coefficient (Wildman–Crippen LogP) is 1.23. The average molecular weight is 333 g/mol. The van der Waals surface area contributed by atoms with Crippen molar-refractivity contribution in [2.24, 2.45) is 29.6 Å². The number of aromatic nitrogens is 1. The van der Waals surface area contributed by atoms with Gasteiger partial charge in [0.25, 0.3) is 0 Å². The fraction of sp³-hybridized carbons (Fsp3) is 0.765. The molecule has 1 aromatic rings. The summed E-state index contributed by atoms with van der Waals surface area (Å²) in [4.78, 5) is 21.9. The fourth-order valence-corrected chi connectivity index (χ4v) is 5.53. The molecule has 3 unspecified atom stereocenters. The number of likely N-dealkylation sites (tertiary alicyclic amines) is 2. The highest BCUT2D eigenvalue weighted by atomic mass is 32.1. The standard InChI is InChI=1S/C17H23N3O2S/c1-10-18-13(9-23-10)6-19-2-11-4-20(5-12(11)3-19)17(21)16-14-7-22-8-15(14)16/h9,11-12,14-16H,2-8H2,1H3/t11?,12?,14-,15+,16?. The molecule has 1 aliphatic carbocycles. The summed E-state index contributed by atoms with van der Waals surface area (Å²) in [6.45, 7) is 8.81. The number of fused-ring (bicyclic) bond motifs is 2. The normalized spacial score (nSPS) is 38.8. The second kappa shape index (κ2) is 5.26. The molecule has 4 fully saturated rings. The van der Waals surface area contributed by atoms with Crippen LogP contribution in [0.1, 0.15) is 10.7 Å². The summed E-state index contributed by atoms with van der Waals surface area (Å²) < 4.78 is 5.41. The van der Waals surface area contributed by atoms with Gasteiger partial charge in [-0.3, -0.25) is 9.69 Å². The Kier molecular flexibility index (Phi) is 3.29. The Balaban J connectivity index is 1.16. The summed E-state index contributed by atoms with van der Waals surface area (Å²) in [6.07, 6.45) is 0. The Morgan fingerprint density at radius 3 is 2.57 bits per heavy atom. The zero-order chi connectivity index (χ0) is 15.6. The Hall–Kier alpha value is -0.980. The van der Waals surface area contributed by atoms with E-state index >= 15 is 0 Å². The zero-order valence-electron chi connectivity index (χ0n) is 13.5. The van der Waals surface area contributed by atoms with Gasteiger partial charge in [-0.05, 0) is 30.6 Å². The van der Waals surface area contributed by atoms with Crippen LogP contribution < -0.4 is 0 Å². The highest BCUT2D eigenvalue weighted by molar-refractivity contribution is 7.09. The van der Waals surface area contributed by atoms with Crippen LogP contribution in [-0.4, -0.2) is 60.1 Å². The number of thiazole rings is 1. The van der Waals surface area contributed by atoms with Gasteiger partial charge in [-0.15, -0.1) is 11.3 Å². The highest BCUT2D eigenvalue weighted by Crippen LogP contribution is 2.52. The maximum Gasteiger partial charge on any atom is 0.226 e. The van der Waals surface area contributed by atoms with Gasteiger partial charge in [0.05, 0.1) is 23.9 Å². The molecular formula is C17H23N3O2S. The van der Waals surface area contributed by atoms with Gasteiger partial charge in [0.1, 0.15) is 0 Å². The summed E-state index contributed by atoms with van der Waals surface area (Å²) in [6, 6.07) is 0. The highest BCUT2D eigenvalue weighted by Gasteiger charge is 2.59. The van der Waals surface area contributed by atoms with Crippen LogP contribution in [0.2, 0.25) is 0 Å². The van der Waals surface area contributed by atoms with Crippen LogP contribution in [0.5, 0.6) is 0 Å². The lowest BCUT2D eigenvalue weighted by Crippen LogP contribution is -2.35. The molecule has 5 nitrogen and oxygen atoms in total. The summed E-state index contributed by atoms with van der Waals surface area (Å²) in [5.74, 6) is 3.10. The van der Waals surface area contributed by atoms with Crippen molar-refractivity contribution in [3.8, 4) is 0 Å². The van der Waals surface area contributed by atoms with Crippen molar-refractivity contribution in [1.29, 1.82) is 0 Å². The third-order valence-electron chi connectivity index (χ3n) is 6.16. The van der Waals surface area contributed by atoms with Crippen LogP contribution in [0, 0.1) is 36.5 Å². The van der Waals surface area contributed by atoms with Crippen molar-refractivity contribution >= 4 is 17.2 Å². The minimum atomic E-state index is 0.289. The topological polar surface area (TPSA) is 45.7 Å². The summed E-state index contributed by atoms with van der Waals surface area (Å²) >= 11 is 1.73. The molecule has 5 atom stereocenters. The smallest absolute Gasteiger partial charge is 0.226 e. The molecule has 124 valence electrons. The second-order valence-electron chi connectivity index (χ2n) is 7.71. The molecule has 0 N–H and O–H groups in total. The molecule has 4 heterocycles. The Labute approximate surface area is 140 Å². The van der Waals surface area contributed by atoms with E-state index in [4.69, 9.17) is 4.74 Å². The molecule has 0 bridgehead atoms. The first kappa shape index (κ1) is 14.4. The number of hydrogen-bond acceptors (Lipinski definition) is 5. The molecule has 5 rings (SSSR count). The Morgan fingerprint density at radius 2 is 1.96 bits per heavy atom. The third-order valence-corrected chi connectivity index (χ3v) is 6.99. The van der Waals surface area contributed by atoms with Crippen molar-refractivity contribution in [1.82, 2.24) is 14.8 Å². The first-order chi connectivity index (χ1) is 11.2. The zero-order valence-corrected chi connectivity index (χ0v) is 14.3.